The molecule has 1 aromatic heterocycles. The lowest BCUT2D eigenvalue weighted by molar-refractivity contribution is -0.617. The van der Waals surface area contributed by atoms with Crippen molar-refractivity contribution < 1.29 is 21.5 Å². The lowest BCUT2D eigenvalue weighted by Gasteiger charge is -2.21. The van der Waals surface area contributed by atoms with Gasteiger partial charge in [-0.1, -0.05) is 60.6 Å². The van der Waals surface area contributed by atoms with E-state index in [1.54, 1.807) is 0 Å². The zero-order valence-electron chi connectivity index (χ0n) is 15.9. The van der Waals surface area contributed by atoms with E-state index >= 15 is 0 Å². The Bertz CT molecular complexity index is 891. The van der Waals surface area contributed by atoms with Gasteiger partial charge in [-0.25, -0.2) is 0 Å². The highest BCUT2D eigenvalue weighted by atomic mass is 79.9. The summed E-state index contributed by atoms with van der Waals surface area (Å²) in [6.45, 7) is 4.51. The van der Waals surface area contributed by atoms with E-state index in [0.29, 0.717) is 0 Å². The van der Waals surface area contributed by atoms with Gasteiger partial charge in [0.25, 0.3) is 0 Å². The number of aromatic nitrogens is 1. The van der Waals surface area contributed by atoms with Crippen molar-refractivity contribution in [3.63, 3.8) is 0 Å². The number of hydrogen-bond donors (Lipinski definition) is 0. The minimum Gasteiger partial charge on any atom is -1.00 e. The van der Waals surface area contributed by atoms with Crippen LogP contribution in [-0.4, -0.2) is 18.8 Å². The highest BCUT2D eigenvalue weighted by molar-refractivity contribution is 7.99. The molecule has 0 atom stereocenters. The molecule has 2 aromatic carbocycles. The third kappa shape index (κ3) is 4.59. The first-order valence-electron chi connectivity index (χ1n) is 9.56. The number of thiazole rings is 1. The molecule has 1 saturated heterocycles. The maximum absolute atomic E-state index is 6.14. The maximum Gasteiger partial charge on any atom is 0.342 e. The van der Waals surface area contributed by atoms with E-state index < -0.39 is 0 Å². The number of halogens is 2. The molecule has 0 aliphatic carbocycles. The Morgan fingerprint density at radius 3 is 2.32 bits per heavy atom. The Hall–Kier alpha value is -1.01. The maximum atomic E-state index is 6.14. The van der Waals surface area contributed by atoms with Crippen LogP contribution < -0.4 is 26.4 Å². The number of benzene rings is 2. The first-order valence-corrected chi connectivity index (χ1v) is 11.7. The summed E-state index contributed by atoms with van der Waals surface area (Å²) in [4.78, 5) is 3.91. The van der Waals surface area contributed by atoms with E-state index in [2.05, 4.69) is 58.9 Å². The standard InChI is InChI=1S/C22H24ClN2S2.BrH/c1-2-26-21-20(17-11-13-18(23)14-12-17)27-22(24-15-7-4-8-16-24)25(21)19-9-5-3-6-10-19;/h3,5-6,9-14H,2,4,7-8,15-16H2,1H3;1H/q+1;/p-1. The minimum absolute atomic E-state index is 0. The van der Waals surface area contributed by atoms with Gasteiger partial charge < -0.3 is 17.0 Å². The number of para-hydroxylation sites is 1. The van der Waals surface area contributed by atoms with Crippen LogP contribution in [0.25, 0.3) is 16.1 Å². The number of piperidine rings is 1. The fourth-order valence-electron chi connectivity index (χ4n) is 3.52. The molecule has 28 heavy (non-hydrogen) atoms. The van der Waals surface area contributed by atoms with Crippen LogP contribution in [-0.2, 0) is 0 Å². The van der Waals surface area contributed by atoms with Crippen molar-refractivity contribution in [2.75, 3.05) is 23.7 Å². The normalized spacial score (nSPS) is 14.0. The monoisotopic (exact) mass is 494 g/mol. The molecule has 0 N–H and O–H groups in total. The van der Waals surface area contributed by atoms with Gasteiger partial charge in [-0.3, -0.25) is 4.90 Å². The van der Waals surface area contributed by atoms with Gasteiger partial charge in [0.2, 0.25) is 0 Å². The Morgan fingerprint density at radius 2 is 1.68 bits per heavy atom. The number of rotatable bonds is 5. The smallest absolute Gasteiger partial charge is 0.342 e. The quantitative estimate of drug-likeness (QED) is 0.395. The zero-order valence-corrected chi connectivity index (χ0v) is 19.9. The molecule has 0 bridgehead atoms. The van der Waals surface area contributed by atoms with Gasteiger partial charge in [0.05, 0.1) is 18.0 Å². The predicted octanol–water partition coefficient (Wildman–Crippen LogP) is 3.45. The van der Waals surface area contributed by atoms with Gasteiger partial charge in [0, 0.05) is 5.02 Å². The second-order valence-electron chi connectivity index (χ2n) is 6.68. The van der Waals surface area contributed by atoms with Crippen LogP contribution in [0.2, 0.25) is 5.02 Å². The van der Waals surface area contributed by atoms with Crippen LogP contribution in [0.1, 0.15) is 26.2 Å². The van der Waals surface area contributed by atoms with E-state index in [1.807, 2.05) is 35.2 Å². The summed E-state index contributed by atoms with van der Waals surface area (Å²) in [7, 11) is 0. The largest absolute Gasteiger partial charge is 1.00 e. The predicted molar refractivity (Wildman–Crippen MR) is 119 cm³/mol. The molecule has 1 aliphatic heterocycles. The minimum atomic E-state index is 0. The van der Waals surface area contributed by atoms with Crippen molar-refractivity contribution >= 4 is 39.8 Å². The molecule has 0 amide bonds. The van der Waals surface area contributed by atoms with E-state index in [0.717, 1.165) is 23.9 Å². The molecular weight excluding hydrogens is 472 g/mol. The zero-order chi connectivity index (χ0) is 18.6. The molecule has 0 saturated carbocycles. The third-order valence-corrected chi connectivity index (χ3v) is 7.40. The van der Waals surface area contributed by atoms with Gasteiger partial charge in [-0.15, -0.1) is 0 Å². The summed E-state index contributed by atoms with van der Waals surface area (Å²) in [6, 6.07) is 19.0. The number of nitrogens with zero attached hydrogens (tertiary/aromatic N) is 2. The van der Waals surface area contributed by atoms with Crippen LogP contribution in [0, 0.1) is 0 Å². The van der Waals surface area contributed by atoms with E-state index in [-0.39, 0.29) is 17.0 Å². The van der Waals surface area contributed by atoms with Crippen molar-refractivity contribution in [3.05, 3.63) is 59.6 Å². The fourth-order valence-corrected chi connectivity index (χ4v) is 6.06. The molecule has 0 spiro atoms. The Labute approximate surface area is 191 Å². The molecule has 0 unspecified atom stereocenters. The van der Waals surface area contributed by atoms with Crippen molar-refractivity contribution in [3.8, 4) is 16.1 Å². The van der Waals surface area contributed by atoms with Crippen LogP contribution in [0.4, 0.5) is 5.13 Å². The van der Waals surface area contributed by atoms with Crippen molar-refractivity contribution in [2.45, 2.75) is 31.2 Å². The molecule has 2 nitrogen and oxygen atoms in total. The van der Waals surface area contributed by atoms with E-state index in [1.165, 1.54) is 45.5 Å². The summed E-state index contributed by atoms with van der Waals surface area (Å²) in [5.41, 5.74) is 2.48. The number of anilines is 1. The Balaban J connectivity index is 0.00000225. The van der Waals surface area contributed by atoms with Crippen LogP contribution in [0.3, 0.4) is 0 Å². The summed E-state index contributed by atoms with van der Waals surface area (Å²) in [6.07, 6.45) is 3.90. The average Bonchev–Trinajstić information content (AvgIpc) is 3.09. The highest BCUT2D eigenvalue weighted by Gasteiger charge is 2.31. The molecule has 2 heterocycles. The van der Waals surface area contributed by atoms with Crippen molar-refractivity contribution in [1.29, 1.82) is 0 Å². The van der Waals surface area contributed by atoms with E-state index in [4.69, 9.17) is 11.6 Å². The molecule has 0 radical (unpaired) electrons. The molecule has 1 aliphatic rings. The first-order chi connectivity index (χ1) is 13.3. The van der Waals surface area contributed by atoms with Gasteiger partial charge in [0.1, 0.15) is 5.69 Å². The van der Waals surface area contributed by atoms with Crippen LogP contribution in [0.5, 0.6) is 0 Å². The molecule has 148 valence electrons. The van der Waals surface area contributed by atoms with Crippen molar-refractivity contribution in [1.82, 2.24) is 0 Å². The first kappa shape index (κ1) is 21.7. The van der Waals surface area contributed by atoms with Crippen molar-refractivity contribution in [2.24, 2.45) is 0 Å². The summed E-state index contributed by atoms with van der Waals surface area (Å²) >= 11 is 9.97. The third-order valence-electron chi connectivity index (χ3n) is 4.81. The lowest BCUT2D eigenvalue weighted by atomic mass is 10.1. The molecule has 6 heteroatoms. The Morgan fingerprint density at radius 1 is 1.00 bits per heavy atom. The number of thioether (sulfide) groups is 1. The molecular formula is C22H24BrClN2S2. The second kappa shape index (κ2) is 10.1. The fraction of sp³-hybridized carbons (Fsp3) is 0.318. The number of hydrogen-bond acceptors (Lipinski definition) is 3. The van der Waals surface area contributed by atoms with E-state index in [9.17, 15) is 0 Å². The SMILES string of the molecule is CCSc1c(-c2ccc(Cl)cc2)sc(N2CCCCC2)[n+]1-c1ccccc1.[Br-]. The summed E-state index contributed by atoms with van der Waals surface area (Å²) in [5, 5.41) is 3.46. The average molecular weight is 496 g/mol. The summed E-state index contributed by atoms with van der Waals surface area (Å²) in [5.74, 6) is 1.05. The van der Waals surface area contributed by atoms with Gasteiger partial charge >= 0.3 is 5.13 Å². The van der Waals surface area contributed by atoms with Gasteiger partial charge in [0.15, 0.2) is 5.03 Å². The molecule has 4 rings (SSSR count). The van der Waals surface area contributed by atoms with Crippen LogP contribution >= 0.6 is 34.7 Å². The highest BCUT2D eigenvalue weighted by Crippen LogP contribution is 2.40. The second-order valence-corrected chi connectivity index (χ2v) is 9.34. The lowest BCUT2D eigenvalue weighted by Crippen LogP contribution is -3.00. The Kier molecular flexibility index (Phi) is 7.86. The molecule has 3 aromatic rings. The van der Waals surface area contributed by atoms with Gasteiger partial charge in [-0.05, 0) is 66.2 Å². The molecule has 1 fully saturated rings. The van der Waals surface area contributed by atoms with Gasteiger partial charge in [-0.2, -0.15) is 4.57 Å². The topological polar surface area (TPSA) is 7.12 Å². The summed E-state index contributed by atoms with van der Waals surface area (Å²) < 4.78 is 2.47. The van der Waals surface area contributed by atoms with Crippen LogP contribution in [0.15, 0.2) is 59.6 Å².